The molecule has 2 fully saturated rings. The van der Waals surface area contributed by atoms with Crippen LogP contribution in [0.1, 0.15) is 51.3 Å². The summed E-state index contributed by atoms with van der Waals surface area (Å²) in [7, 11) is 2.08. The zero-order valence-electron chi connectivity index (χ0n) is 20.0. The molecule has 1 aromatic heterocycles. The minimum Gasteiger partial charge on any atom is -0.491 e. The van der Waals surface area contributed by atoms with E-state index in [1.807, 2.05) is 25.1 Å². The molecule has 1 atom stereocenters. The fraction of sp³-hybridized carbons (Fsp3) is 0.538. The molecule has 1 aromatic carbocycles. The van der Waals surface area contributed by atoms with Crippen LogP contribution >= 0.6 is 11.6 Å². The third-order valence-corrected chi connectivity index (χ3v) is 6.72. The molecule has 7 nitrogen and oxygen atoms in total. The number of aliphatic hydroxyl groups is 1. The molecule has 0 bridgehead atoms. The molecule has 0 radical (unpaired) electrons. The van der Waals surface area contributed by atoms with Gasteiger partial charge in [0, 0.05) is 54.7 Å². The summed E-state index contributed by atoms with van der Waals surface area (Å²) in [5, 5.41) is 10.6. The van der Waals surface area contributed by atoms with Gasteiger partial charge in [0.15, 0.2) is 5.82 Å². The van der Waals surface area contributed by atoms with Gasteiger partial charge in [-0.25, -0.2) is 9.97 Å². The van der Waals surface area contributed by atoms with Crippen molar-refractivity contribution in [1.29, 1.82) is 0 Å². The van der Waals surface area contributed by atoms with E-state index >= 15 is 0 Å². The number of aromatic nitrogens is 2. The summed E-state index contributed by atoms with van der Waals surface area (Å²) in [4.78, 5) is 12.0. The van der Waals surface area contributed by atoms with Crippen molar-refractivity contribution in [3.63, 3.8) is 0 Å². The molecule has 184 valence electrons. The van der Waals surface area contributed by atoms with Crippen LogP contribution in [0.4, 0.5) is 5.82 Å². The summed E-state index contributed by atoms with van der Waals surface area (Å²) in [6, 6.07) is 7.91. The van der Waals surface area contributed by atoms with Gasteiger partial charge in [-0.05, 0) is 56.2 Å². The molecule has 2 aliphatic rings. The molecule has 1 saturated heterocycles. The maximum atomic E-state index is 10.1. The molecule has 0 amide bonds. The number of ether oxygens (including phenoxy) is 2. The monoisotopic (exact) mass is 486 g/mol. The Morgan fingerprint density at radius 3 is 2.68 bits per heavy atom. The van der Waals surface area contributed by atoms with Crippen molar-refractivity contribution in [1.82, 2.24) is 9.97 Å². The molecule has 1 aliphatic carbocycles. The second-order valence-corrected chi connectivity index (χ2v) is 9.65. The Morgan fingerprint density at radius 2 is 2.00 bits per heavy atom. The third kappa shape index (κ3) is 6.20. The number of anilines is 1. The number of nitrogens with zero attached hydrogens (tertiary/aromatic N) is 3. The Kier molecular flexibility index (Phi) is 8.29. The average molecular weight is 487 g/mol. The first kappa shape index (κ1) is 24.8. The van der Waals surface area contributed by atoms with E-state index in [2.05, 4.69) is 11.9 Å². The third-order valence-electron chi connectivity index (χ3n) is 6.50. The molecule has 34 heavy (non-hydrogen) atoms. The summed E-state index contributed by atoms with van der Waals surface area (Å²) in [6.45, 7) is 3.78. The van der Waals surface area contributed by atoms with Gasteiger partial charge in [0.2, 0.25) is 0 Å². The first-order chi connectivity index (χ1) is 16.5. The van der Waals surface area contributed by atoms with Crippen molar-refractivity contribution in [2.75, 3.05) is 31.8 Å². The average Bonchev–Trinajstić information content (AvgIpc) is 3.68. The first-order valence-electron chi connectivity index (χ1n) is 12.2. The highest BCUT2D eigenvalue weighted by Crippen LogP contribution is 2.41. The summed E-state index contributed by atoms with van der Waals surface area (Å²) < 4.78 is 11.4. The molecular weight excluding hydrogens is 452 g/mol. The van der Waals surface area contributed by atoms with E-state index in [0.717, 1.165) is 68.0 Å². The van der Waals surface area contributed by atoms with Gasteiger partial charge in [-0.3, -0.25) is 0 Å². The van der Waals surface area contributed by atoms with E-state index in [-0.39, 0.29) is 6.61 Å². The maximum absolute atomic E-state index is 10.1. The minimum atomic E-state index is -0.506. The highest BCUT2D eigenvalue weighted by atomic mass is 35.5. The topological polar surface area (TPSA) is 93.7 Å². The van der Waals surface area contributed by atoms with E-state index in [1.54, 1.807) is 12.3 Å². The van der Waals surface area contributed by atoms with Crippen molar-refractivity contribution >= 4 is 23.0 Å². The van der Waals surface area contributed by atoms with E-state index in [0.29, 0.717) is 35.0 Å². The van der Waals surface area contributed by atoms with Gasteiger partial charge in [-0.2, -0.15) is 0 Å². The fourth-order valence-corrected chi connectivity index (χ4v) is 4.57. The number of allylic oxidation sites excluding steroid dienone is 1. The molecule has 1 aliphatic heterocycles. The standard InChI is InChI=1S/C26H35ClN4O3/c1-3-4-21(32)16-34-22-12-18(11-19(27)13-22)24-14-25(31(2)20-7-9-33-10-8-20)30-26(29-24)23(15-28)17-5-6-17/h11-15,17,20-21,32H,3-10,16,28H2,1-2H3. The predicted octanol–water partition coefficient (Wildman–Crippen LogP) is 4.66. The number of aliphatic hydroxyl groups excluding tert-OH is 1. The molecule has 4 rings (SSSR count). The minimum absolute atomic E-state index is 0.224. The van der Waals surface area contributed by atoms with Crippen molar-refractivity contribution in [3.8, 4) is 17.0 Å². The second kappa shape index (κ2) is 11.4. The number of hydrogen-bond donors (Lipinski definition) is 2. The Labute approximate surface area is 206 Å². The van der Waals surface area contributed by atoms with Crippen molar-refractivity contribution in [2.45, 2.75) is 57.6 Å². The van der Waals surface area contributed by atoms with Gasteiger partial charge in [-0.1, -0.05) is 24.9 Å². The lowest BCUT2D eigenvalue weighted by molar-refractivity contribution is 0.0853. The van der Waals surface area contributed by atoms with Crippen LogP contribution in [0, 0.1) is 5.92 Å². The molecule has 3 N–H and O–H groups in total. The van der Waals surface area contributed by atoms with Gasteiger partial charge in [0.05, 0.1) is 11.8 Å². The lowest BCUT2D eigenvalue weighted by Crippen LogP contribution is -2.37. The van der Waals surface area contributed by atoms with Gasteiger partial charge in [0.25, 0.3) is 0 Å². The van der Waals surface area contributed by atoms with Crippen LogP contribution in [0.25, 0.3) is 16.8 Å². The number of hydrogen-bond acceptors (Lipinski definition) is 7. The Bertz CT molecular complexity index is 1010. The van der Waals surface area contributed by atoms with E-state index in [9.17, 15) is 5.11 Å². The van der Waals surface area contributed by atoms with Crippen LogP contribution in [0.5, 0.6) is 5.75 Å². The number of halogens is 1. The quantitative estimate of drug-likeness (QED) is 0.504. The molecule has 8 heteroatoms. The summed E-state index contributed by atoms with van der Waals surface area (Å²) in [6.07, 6.45) is 6.88. The van der Waals surface area contributed by atoms with Crippen LogP contribution in [-0.4, -0.2) is 54.1 Å². The number of nitrogens with two attached hydrogens (primary N) is 1. The smallest absolute Gasteiger partial charge is 0.159 e. The first-order valence-corrected chi connectivity index (χ1v) is 12.6. The normalized spacial score (nSPS) is 18.1. The van der Waals surface area contributed by atoms with E-state index < -0.39 is 6.10 Å². The van der Waals surface area contributed by atoms with Crippen LogP contribution < -0.4 is 15.4 Å². The number of rotatable bonds is 10. The Balaban J connectivity index is 1.68. The zero-order chi connectivity index (χ0) is 24.1. The van der Waals surface area contributed by atoms with Crippen LogP contribution in [0.2, 0.25) is 5.02 Å². The lowest BCUT2D eigenvalue weighted by Gasteiger charge is -2.32. The highest BCUT2D eigenvalue weighted by Gasteiger charge is 2.30. The van der Waals surface area contributed by atoms with E-state index in [4.69, 9.17) is 36.8 Å². The number of benzene rings is 1. The van der Waals surface area contributed by atoms with Gasteiger partial charge >= 0.3 is 0 Å². The zero-order valence-corrected chi connectivity index (χ0v) is 20.8. The summed E-state index contributed by atoms with van der Waals surface area (Å²) >= 11 is 6.45. The van der Waals surface area contributed by atoms with Crippen molar-refractivity contribution < 1.29 is 14.6 Å². The fourth-order valence-electron chi connectivity index (χ4n) is 4.34. The van der Waals surface area contributed by atoms with Crippen molar-refractivity contribution in [3.05, 3.63) is 41.3 Å². The summed E-state index contributed by atoms with van der Waals surface area (Å²) in [5.74, 6) is 2.54. The SMILES string of the molecule is CCCC(O)COc1cc(Cl)cc(-c2cc(N(C)C3CCOCC3)nc(C(=CN)C3CC3)n2)c1. The van der Waals surface area contributed by atoms with Crippen LogP contribution in [0.3, 0.4) is 0 Å². The maximum Gasteiger partial charge on any atom is 0.159 e. The lowest BCUT2D eigenvalue weighted by atomic mass is 10.1. The largest absolute Gasteiger partial charge is 0.491 e. The Hall–Kier alpha value is -2.35. The van der Waals surface area contributed by atoms with Gasteiger partial charge in [0.1, 0.15) is 18.2 Å². The molecule has 1 unspecified atom stereocenters. The predicted molar refractivity (Wildman–Crippen MR) is 136 cm³/mol. The molecular formula is C26H35ClN4O3. The van der Waals surface area contributed by atoms with Gasteiger partial charge in [-0.15, -0.1) is 0 Å². The highest BCUT2D eigenvalue weighted by molar-refractivity contribution is 6.31. The Morgan fingerprint density at radius 1 is 1.24 bits per heavy atom. The van der Waals surface area contributed by atoms with E-state index in [1.165, 1.54) is 0 Å². The van der Waals surface area contributed by atoms with Gasteiger partial charge < -0.3 is 25.2 Å². The van der Waals surface area contributed by atoms with Crippen LogP contribution in [-0.2, 0) is 4.74 Å². The molecule has 1 saturated carbocycles. The summed E-state index contributed by atoms with van der Waals surface area (Å²) in [5.41, 5.74) is 8.60. The second-order valence-electron chi connectivity index (χ2n) is 9.21. The van der Waals surface area contributed by atoms with Crippen LogP contribution in [0.15, 0.2) is 30.5 Å². The van der Waals surface area contributed by atoms with Crippen molar-refractivity contribution in [2.24, 2.45) is 11.7 Å². The molecule has 2 aromatic rings. The molecule has 0 spiro atoms. The molecule has 2 heterocycles.